The lowest BCUT2D eigenvalue weighted by molar-refractivity contribution is -0.144. The van der Waals surface area contributed by atoms with Crippen LogP contribution >= 0.6 is 11.3 Å². The third-order valence-corrected chi connectivity index (χ3v) is 8.10. The first-order valence-corrected chi connectivity index (χ1v) is 14.7. The number of likely N-dealkylation sites (tertiary alicyclic amines) is 1. The van der Waals surface area contributed by atoms with Crippen molar-refractivity contribution in [1.82, 2.24) is 20.4 Å². The van der Waals surface area contributed by atoms with Gasteiger partial charge in [0.2, 0.25) is 11.8 Å². The Morgan fingerprint density at radius 2 is 1.72 bits per heavy atom. The zero-order valence-corrected chi connectivity index (χ0v) is 26.1. The fraction of sp³-hybridized carbons (Fsp3) is 0.548. The highest BCUT2D eigenvalue weighted by atomic mass is 32.1. The van der Waals surface area contributed by atoms with Crippen LogP contribution in [0.3, 0.4) is 0 Å². The minimum Gasteiger partial charge on any atom is -0.365 e. The number of benzene rings is 1. The lowest BCUT2D eigenvalue weighted by Gasteiger charge is -2.35. The Morgan fingerprint density at radius 3 is 2.18 bits per heavy atom. The predicted molar refractivity (Wildman–Crippen MR) is 159 cm³/mol. The Kier molecular flexibility index (Phi) is 11.5. The lowest BCUT2D eigenvalue weighted by Crippen LogP contribution is -2.52. The first kappa shape index (κ1) is 32.2. The number of thiazole rings is 1. The number of carbonyl (C=O) groups excluding carboxylic acids is 2. The van der Waals surface area contributed by atoms with E-state index in [9.17, 15) is 9.59 Å². The quantitative estimate of drug-likeness (QED) is 0.362. The van der Waals surface area contributed by atoms with E-state index in [4.69, 9.17) is 0 Å². The van der Waals surface area contributed by atoms with Crippen molar-refractivity contribution in [3.05, 3.63) is 59.1 Å². The van der Waals surface area contributed by atoms with Gasteiger partial charge in [-0.2, -0.15) is 0 Å². The van der Waals surface area contributed by atoms with Gasteiger partial charge in [-0.3, -0.25) is 9.59 Å². The minimum absolute atomic E-state index is 0.0701. The van der Waals surface area contributed by atoms with E-state index in [1.165, 1.54) is 4.88 Å². The number of hydrogen-bond donors (Lipinski definition) is 1. The van der Waals surface area contributed by atoms with Crippen LogP contribution in [0.4, 0.5) is 0 Å². The van der Waals surface area contributed by atoms with Gasteiger partial charge < -0.3 is 14.7 Å². The Morgan fingerprint density at radius 1 is 1.08 bits per heavy atom. The van der Waals surface area contributed by atoms with Gasteiger partial charge in [-0.1, -0.05) is 71.0 Å². The third kappa shape index (κ3) is 8.49. The van der Waals surface area contributed by atoms with Gasteiger partial charge in [0.05, 0.1) is 27.3 Å². The Bertz CT molecular complexity index is 1180. The fourth-order valence-corrected chi connectivity index (χ4v) is 5.09. The fourth-order valence-electron chi connectivity index (χ4n) is 4.28. The second-order valence-corrected chi connectivity index (χ2v) is 12.2. The van der Waals surface area contributed by atoms with Crippen molar-refractivity contribution in [2.75, 3.05) is 6.54 Å². The molecule has 1 aromatic carbocycles. The average Bonchev–Trinajstić information content (AvgIpc) is 3.66. The molecule has 7 nitrogen and oxygen atoms in total. The van der Waals surface area contributed by atoms with Crippen molar-refractivity contribution in [3.63, 3.8) is 0 Å². The van der Waals surface area contributed by atoms with E-state index in [1.807, 2.05) is 54.0 Å². The number of rotatable bonds is 5. The molecular formula is C31H46N4O3S. The maximum absolute atomic E-state index is 13.2. The molecule has 0 saturated carbocycles. The van der Waals surface area contributed by atoms with Crippen LogP contribution in [0.1, 0.15) is 85.2 Å². The molecule has 0 radical (unpaired) electrons. The molecule has 0 spiro atoms. The second kappa shape index (κ2) is 13.9. The van der Waals surface area contributed by atoms with E-state index in [2.05, 4.69) is 65.0 Å². The van der Waals surface area contributed by atoms with Crippen LogP contribution in [0.5, 0.6) is 0 Å². The monoisotopic (exact) mass is 554 g/mol. The number of aromatic nitrogens is 2. The highest BCUT2D eigenvalue weighted by Crippen LogP contribution is 2.32. The molecule has 3 aromatic rings. The SMILES string of the molecule is CC.Cc1ccon1.Cc1ncsc1-c1ccc(C(C)(C)NC(=O)C2CCCN2C(=O)C(C)C(C)(C)C)cc1. The van der Waals surface area contributed by atoms with Gasteiger partial charge >= 0.3 is 0 Å². The summed E-state index contributed by atoms with van der Waals surface area (Å²) in [6.45, 7) is 20.7. The molecule has 4 rings (SSSR count). The van der Waals surface area contributed by atoms with E-state index in [0.29, 0.717) is 13.0 Å². The molecule has 1 saturated heterocycles. The summed E-state index contributed by atoms with van der Waals surface area (Å²) < 4.78 is 4.46. The van der Waals surface area contributed by atoms with Gasteiger partial charge in [0.25, 0.3) is 0 Å². The van der Waals surface area contributed by atoms with E-state index in [-0.39, 0.29) is 23.1 Å². The molecule has 1 fully saturated rings. The third-order valence-electron chi connectivity index (χ3n) is 7.12. The molecule has 2 amide bonds. The van der Waals surface area contributed by atoms with Gasteiger partial charge in [0.15, 0.2) is 0 Å². The smallest absolute Gasteiger partial charge is 0.243 e. The molecule has 0 aliphatic carbocycles. The number of nitrogens with zero attached hydrogens (tertiary/aromatic N) is 3. The number of aryl methyl sites for hydroxylation is 2. The molecule has 0 bridgehead atoms. The topological polar surface area (TPSA) is 88.3 Å². The zero-order valence-electron chi connectivity index (χ0n) is 25.3. The Balaban J connectivity index is 0.000000578. The molecule has 39 heavy (non-hydrogen) atoms. The summed E-state index contributed by atoms with van der Waals surface area (Å²) in [4.78, 5) is 33.6. The summed E-state index contributed by atoms with van der Waals surface area (Å²) in [5.74, 6) is -0.122. The number of nitrogens with one attached hydrogen (secondary N) is 1. The van der Waals surface area contributed by atoms with Crippen molar-refractivity contribution < 1.29 is 14.1 Å². The number of carbonyl (C=O) groups is 2. The zero-order chi connectivity index (χ0) is 29.4. The van der Waals surface area contributed by atoms with E-state index < -0.39 is 11.6 Å². The molecular weight excluding hydrogens is 508 g/mol. The van der Waals surface area contributed by atoms with Gasteiger partial charge in [-0.15, -0.1) is 11.3 Å². The minimum atomic E-state index is -0.536. The Hall–Kier alpha value is -3.00. The van der Waals surface area contributed by atoms with Crippen LogP contribution in [0.2, 0.25) is 0 Å². The van der Waals surface area contributed by atoms with Crippen LogP contribution in [0.15, 0.2) is 46.6 Å². The van der Waals surface area contributed by atoms with Gasteiger partial charge in [0.1, 0.15) is 12.3 Å². The number of hydrogen-bond acceptors (Lipinski definition) is 6. The maximum Gasteiger partial charge on any atom is 0.243 e. The van der Waals surface area contributed by atoms with Crippen LogP contribution in [-0.4, -0.2) is 39.4 Å². The van der Waals surface area contributed by atoms with Gasteiger partial charge in [0, 0.05) is 18.5 Å². The first-order chi connectivity index (χ1) is 18.3. The first-order valence-electron chi connectivity index (χ1n) is 13.8. The van der Waals surface area contributed by atoms with Crippen LogP contribution in [0, 0.1) is 25.2 Å². The second-order valence-electron chi connectivity index (χ2n) is 11.4. The standard InChI is InChI=1S/C25H35N3O2S.C4H5NO.C2H6/c1-16(24(3,4)5)23(30)28-14-8-9-20(28)22(29)27-25(6,7)19-12-10-18(11-13-19)21-17(2)26-15-31-21;1-4-2-3-6-5-4;1-2/h10-13,15-16,20H,8-9,14H2,1-7H3,(H,27,29);2-3H,1H3;1-2H3. The summed E-state index contributed by atoms with van der Waals surface area (Å²) in [6, 6.07) is 9.71. The summed E-state index contributed by atoms with van der Waals surface area (Å²) in [5.41, 5.74) is 5.32. The van der Waals surface area contributed by atoms with Crippen molar-refractivity contribution >= 4 is 23.2 Å². The van der Waals surface area contributed by atoms with Gasteiger partial charge in [-0.05, 0) is 57.1 Å². The van der Waals surface area contributed by atoms with Gasteiger partial charge in [-0.25, -0.2) is 4.98 Å². The summed E-state index contributed by atoms with van der Waals surface area (Å²) in [5, 5.41) is 6.74. The molecule has 2 aromatic heterocycles. The number of amides is 2. The molecule has 8 heteroatoms. The molecule has 214 valence electrons. The Labute approximate surface area is 238 Å². The van der Waals surface area contributed by atoms with Crippen molar-refractivity contribution in [3.8, 4) is 10.4 Å². The molecule has 1 aliphatic rings. The molecule has 1 aliphatic heterocycles. The predicted octanol–water partition coefficient (Wildman–Crippen LogP) is 7.15. The largest absolute Gasteiger partial charge is 0.365 e. The summed E-state index contributed by atoms with van der Waals surface area (Å²) in [6.07, 6.45) is 3.13. The van der Waals surface area contributed by atoms with Crippen LogP contribution < -0.4 is 5.32 Å². The lowest BCUT2D eigenvalue weighted by atomic mass is 9.81. The molecule has 2 atom stereocenters. The van der Waals surface area contributed by atoms with E-state index in [0.717, 1.165) is 28.9 Å². The molecule has 1 N–H and O–H groups in total. The van der Waals surface area contributed by atoms with Crippen molar-refractivity contribution in [1.29, 1.82) is 0 Å². The summed E-state index contributed by atoms with van der Waals surface area (Å²) in [7, 11) is 0. The average molecular weight is 555 g/mol. The van der Waals surface area contributed by atoms with E-state index in [1.54, 1.807) is 28.6 Å². The van der Waals surface area contributed by atoms with Crippen LogP contribution in [0.25, 0.3) is 10.4 Å². The molecule has 2 unspecified atom stereocenters. The van der Waals surface area contributed by atoms with E-state index >= 15 is 0 Å². The van der Waals surface area contributed by atoms with Crippen molar-refractivity contribution in [2.24, 2.45) is 11.3 Å². The molecule has 3 heterocycles. The van der Waals surface area contributed by atoms with Crippen molar-refractivity contribution in [2.45, 2.75) is 93.7 Å². The maximum atomic E-state index is 13.2. The highest BCUT2D eigenvalue weighted by molar-refractivity contribution is 7.13. The van der Waals surface area contributed by atoms with Crippen LogP contribution in [-0.2, 0) is 15.1 Å². The normalized spacial score (nSPS) is 15.9. The summed E-state index contributed by atoms with van der Waals surface area (Å²) >= 11 is 1.63. The highest BCUT2D eigenvalue weighted by Gasteiger charge is 2.40.